The van der Waals surface area contributed by atoms with E-state index in [2.05, 4.69) is 4.98 Å². The number of benzene rings is 2. The molecular formula is C16H12N2O4. The fraction of sp³-hybridized carbons (Fsp3) is 0.0625. The summed E-state index contributed by atoms with van der Waals surface area (Å²) in [5.41, 5.74) is 0.342. The van der Waals surface area contributed by atoms with Crippen LogP contribution in [0.2, 0.25) is 0 Å². The van der Waals surface area contributed by atoms with Crippen molar-refractivity contribution in [3.63, 3.8) is 0 Å². The Morgan fingerprint density at radius 3 is 2.59 bits per heavy atom. The van der Waals surface area contributed by atoms with Crippen molar-refractivity contribution in [2.45, 2.75) is 6.61 Å². The van der Waals surface area contributed by atoms with Crippen LogP contribution in [-0.2, 0) is 6.61 Å². The Bertz CT molecular complexity index is 888. The number of aromatic nitrogens is 1. The quantitative estimate of drug-likeness (QED) is 0.592. The second-order valence-corrected chi connectivity index (χ2v) is 4.71. The number of para-hydroxylation sites is 1. The Kier molecular flexibility index (Phi) is 3.57. The van der Waals surface area contributed by atoms with Gasteiger partial charge in [0.15, 0.2) is 0 Å². The number of nitrogens with one attached hydrogen (secondary N) is 1. The highest BCUT2D eigenvalue weighted by Gasteiger charge is 2.16. The summed E-state index contributed by atoms with van der Waals surface area (Å²) < 4.78 is 5.72. The smallest absolute Gasteiger partial charge is 0.332 e. The number of H-pyrrole nitrogens is 1. The Morgan fingerprint density at radius 2 is 1.86 bits per heavy atom. The third kappa shape index (κ3) is 2.54. The van der Waals surface area contributed by atoms with E-state index in [0.717, 1.165) is 11.8 Å². The number of ether oxygens (including phenoxy) is 1. The number of hydrogen-bond acceptors (Lipinski definition) is 4. The largest absolute Gasteiger partial charge is 0.487 e. The topological polar surface area (TPSA) is 85.2 Å². The van der Waals surface area contributed by atoms with Crippen molar-refractivity contribution < 1.29 is 9.66 Å². The van der Waals surface area contributed by atoms with Crippen LogP contribution >= 0.6 is 0 Å². The molecule has 6 nitrogen and oxygen atoms in total. The second kappa shape index (κ2) is 5.69. The van der Waals surface area contributed by atoms with Crippen LogP contribution in [0, 0.1) is 10.1 Å². The molecule has 0 radical (unpaired) electrons. The zero-order valence-corrected chi connectivity index (χ0v) is 11.5. The first-order chi connectivity index (χ1) is 10.7. The monoisotopic (exact) mass is 296 g/mol. The molecule has 22 heavy (non-hydrogen) atoms. The molecule has 3 aromatic rings. The maximum absolute atomic E-state index is 12.1. The Labute approximate surface area is 125 Å². The normalized spacial score (nSPS) is 10.5. The van der Waals surface area contributed by atoms with Crippen LogP contribution in [0.25, 0.3) is 10.9 Å². The second-order valence-electron chi connectivity index (χ2n) is 4.71. The molecule has 0 saturated heterocycles. The molecule has 0 unspecified atom stereocenters. The molecule has 0 fully saturated rings. The summed E-state index contributed by atoms with van der Waals surface area (Å²) in [6.07, 6.45) is 1.10. The summed E-state index contributed by atoms with van der Waals surface area (Å²) in [6, 6.07) is 14.5. The van der Waals surface area contributed by atoms with E-state index in [1.807, 2.05) is 30.3 Å². The fourth-order valence-electron chi connectivity index (χ4n) is 2.20. The van der Waals surface area contributed by atoms with E-state index in [-0.39, 0.29) is 5.39 Å². The first kappa shape index (κ1) is 13.8. The number of hydrogen-bond donors (Lipinski definition) is 1. The first-order valence-corrected chi connectivity index (χ1v) is 6.62. The highest BCUT2D eigenvalue weighted by Crippen LogP contribution is 2.23. The molecule has 0 aliphatic rings. The molecule has 0 aliphatic carbocycles. The van der Waals surface area contributed by atoms with Crippen LogP contribution in [0.15, 0.2) is 59.5 Å². The number of rotatable bonds is 4. The SMILES string of the molecule is O=c1c([N+](=O)[O-])c[nH]c2c(OCc3ccccc3)cccc12. The molecule has 2 aromatic carbocycles. The van der Waals surface area contributed by atoms with Crippen LogP contribution in [0.1, 0.15) is 5.56 Å². The summed E-state index contributed by atoms with van der Waals surface area (Å²) in [6.45, 7) is 0.346. The van der Waals surface area contributed by atoms with Gasteiger partial charge in [-0.25, -0.2) is 0 Å². The third-order valence-electron chi connectivity index (χ3n) is 3.29. The molecule has 0 amide bonds. The van der Waals surface area contributed by atoms with Crippen molar-refractivity contribution in [1.29, 1.82) is 0 Å². The van der Waals surface area contributed by atoms with Crippen molar-refractivity contribution in [2.75, 3.05) is 0 Å². The number of fused-ring (bicyclic) bond motifs is 1. The minimum atomic E-state index is -0.699. The van der Waals surface area contributed by atoms with Crippen LogP contribution < -0.4 is 10.2 Å². The lowest BCUT2D eigenvalue weighted by atomic mass is 10.2. The summed E-state index contributed by atoms with van der Waals surface area (Å²) in [4.78, 5) is 25.0. The van der Waals surface area contributed by atoms with Gasteiger partial charge < -0.3 is 9.72 Å². The van der Waals surface area contributed by atoms with Gasteiger partial charge in [0.05, 0.1) is 22.0 Å². The molecule has 1 N–H and O–H groups in total. The van der Waals surface area contributed by atoms with Crippen molar-refractivity contribution in [3.05, 3.63) is 80.6 Å². The summed E-state index contributed by atoms with van der Waals surface area (Å²) in [5, 5.41) is 11.1. The molecule has 1 aromatic heterocycles. The van der Waals surface area contributed by atoms with Gasteiger partial charge in [0.25, 0.3) is 5.43 Å². The van der Waals surface area contributed by atoms with Gasteiger partial charge in [0.2, 0.25) is 0 Å². The van der Waals surface area contributed by atoms with Crippen molar-refractivity contribution >= 4 is 16.6 Å². The van der Waals surface area contributed by atoms with Crippen LogP contribution in [0.5, 0.6) is 5.75 Å². The molecule has 0 atom stereocenters. The van der Waals surface area contributed by atoms with Crippen LogP contribution in [0.3, 0.4) is 0 Å². The van der Waals surface area contributed by atoms with Crippen molar-refractivity contribution in [1.82, 2.24) is 4.98 Å². The zero-order valence-electron chi connectivity index (χ0n) is 11.5. The molecule has 0 spiro atoms. The third-order valence-corrected chi connectivity index (χ3v) is 3.29. The summed E-state index contributed by atoms with van der Waals surface area (Å²) >= 11 is 0. The van der Waals surface area contributed by atoms with Gasteiger partial charge in [0.1, 0.15) is 12.4 Å². The number of nitrogens with zero attached hydrogens (tertiary/aromatic N) is 1. The molecule has 3 rings (SSSR count). The van der Waals surface area contributed by atoms with Gasteiger partial charge in [-0.2, -0.15) is 0 Å². The lowest BCUT2D eigenvalue weighted by Crippen LogP contribution is -2.09. The molecular weight excluding hydrogens is 284 g/mol. The Balaban J connectivity index is 1.99. The predicted molar refractivity (Wildman–Crippen MR) is 82.0 cm³/mol. The summed E-state index contributed by atoms with van der Waals surface area (Å²) in [7, 11) is 0. The minimum Gasteiger partial charge on any atom is -0.487 e. The molecule has 110 valence electrons. The van der Waals surface area contributed by atoms with Gasteiger partial charge >= 0.3 is 5.69 Å². The van der Waals surface area contributed by atoms with Gasteiger partial charge in [-0.3, -0.25) is 14.9 Å². The molecule has 6 heteroatoms. The van der Waals surface area contributed by atoms with Gasteiger partial charge in [-0.05, 0) is 17.7 Å². The minimum absolute atomic E-state index is 0.236. The summed E-state index contributed by atoms with van der Waals surface area (Å²) in [5.74, 6) is 0.480. The van der Waals surface area contributed by atoms with Crippen LogP contribution in [0.4, 0.5) is 5.69 Å². The van der Waals surface area contributed by atoms with Crippen molar-refractivity contribution in [3.8, 4) is 5.75 Å². The first-order valence-electron chi connectivity index (χ1n) is 6.62. The fourth-order valence-corrected chi connectivity index (χ4v) is 2.20. The Morgan fingerprint density at radius 1 is 1.09 bits per heavy atom. The average molecular weight is 296 g/mol. The lowest BCUT2D eigenvalue weighted by Gasteiger charge is -2.09. The molecule has 0 aliphatic heterocycles. The van der Waals surface area contributed by atoms with E-state index in [1.54, 1.807) is 12.1 Å². The number of aromatic amines is 1. The lowest BCUT2D eigenvalue weighted by molar-refractivity contribution is -0.386. The maximum atomic E-state index is 12.1. The van der Waals surface area contributed by atoms with E-state index >= 15 is 0 Å². The van der Waals surface area contributed by atoms with Gasteiger partial charge in [-0.1, -0.05) is 36.4 Å². The van der Waals surface area contributed by atoms with E-state index in [0.29, 0.717) is 17.9 Å². The average Bonchev–Trinajstić information content (AvgIpc) is 2.54. The highest BCUT2D eigenvalue weighted by atomic mass is 16.6. The van der Waals surface area contributed by atoms with E-state index < -0.39 is 16.0 Å². The standard InChI is InChI=1S/C16H12N2O4/c19-16-12-7-4-8-14(15(12)17-9-13(16)18(20)21)22-10-11-5-2-1-3-6-11/h1-9H,10H2,(H,17,19). The predicted octanol–water partition coefficient (Wildman–Crippen LogP) is 3.02. The van der Waals surface area contributed by atoms with Gasteiger partial charge in [-0.15, -0.1) is 0 Å². The van der Waals surface area contributed by atoms with Crippen molar-refractivity contribution in [2.24, 2.45) is 0 Å². The number of nitro groups is 1. The molecule has 0 bridgehead atoms. The van der Waals surface area contributed by atoms with Gasteiger partial charge in [0, 0.05) is 0 Å². The highest BCUT2D eigenvalue weighted by molar-refractivity contribution is 5.85. The van der Waals surface area contributed by atoms with E-state index in [9.17, 15) is 14.9 Å². The zero-order chi connectivity index (χ0) is 15.5. The maximum Gasteiger partial charge on any atom is 0.332 e. The molecule has 1 heterocycles. The van der Waals surface area contributed by atoms with E-state index in [1.165, 1.54) is 6.07 Å². The Hall–Kier alpha value is -3.15. The van der Waals surface area contributed by atoms with Crippen LogP contribution in [-0.4, -0.2) is 9.91 Å². The number of pyridine rings is 1. The van der Waals surface area contributed by atoms with E-state index in [4.69, 9.17) is 4.74 Å². The molecule has 0 saturated carbocycles.